The molecule has 0 atom stereocenters. The van der Waals surface area contributed by atoms with E-state index in [1.165, 1.54) is 14.2 Å². The molecule has 33 heavy (non-hydrogen) atoms. The molecule has 9 nitrogen and oxygen atoms in total. The van der Waals surface area contributed by atoms with E-state index >= 15 is 0 Å². The van der Waals surface area contributed by atoms with Crippen molar-refractivity contribution in [2.24, 2.45) is 4.99 Å². The molecule has 2 amide bonds. The minimum Gasteiger partial charge on any atom is -0.493 e. The summed E-state index contributed by atoms with van der Waals surface area (Å²) in [6, 6.07) is 13.8. The number of carbonyl (C=O) groups excluding carboxylic acids is 2. The third kappa shape index (κ3) is 5.19. The maximum atomic E-state index is 12.9. The van der Waals surface area contributed by atoms with Crippen LogP contribution in [0, 0.1) is 11.3 Å². The zero-order chi connectivity index (χ0) is 23.8. The van der Waals surface area contributed by atoms with Crippen molar-refractivity contribution in [2.45, 2.75) is 6.42 Å². The van der Waals surface area contributed by atoms with Crippen LogP contribution < -0.4 is 20.1 Å². The molecule has 1 aliphatic heterocycles. The number of nitrogens with zero attached hydrogens (tertiary/aromatic N) is 2. The maximum absolute atomic E-state index is 12.9. The maximum Gasteiger partial charge on any atom is 0.264 e. The van der Waals surface area contributed by atoms with Gasteiger partial charge in [0.15, 0.2) is 11.5 Å². The Kier molecular flexibility index (Phi) is 7.78. The Bertz CT molecular complexity index is 1160. The second-order valence-electron chi connectivity index (χ2n) is 6.97. The number of amidine groups is 1. The summed E-state index contributed by atoms with van der Waals surface area (Å²) in [5.41, 5.74) is 1.61. The molecule has 2 aromatic carbocycles. The van der Waals surface area contributed by atoms with Crippen molar-refractivity contribution < 1.29 is 23.8 Å². The van der Waals surface area contributed by atoms with E-state index in [1.54, 1.807) is 49.6 Å². The minimum absolute atomic E-state index is 0.129. The van der Waals surface area contributed by atoms with Gasteiger partial charge in [0.05, 0.1) is 19.9 Å². The highest BCUT2D eigenvalue weighted by molar-refractivity contribution is 6.20. The van der Waals surface area contributed by atoms with Crippen LogP contribution in [0.4, 0.5) is 0 Å². The lowest BCUT2D eigenvalue weighted by molar-refractivity contribution is -0.117. The highest BCUT2D eigenvalue weighted by Crippen LogP contribution is 2.31. The number of rotatable bonds is 8. The van der Waals surface area contributed by atoms with Crippen LogP contribution in [0.5, 0.6) is 11.5 Å². The predicted octanol–water partition coefficient (Wildman–Crippen LogP) is 2.28. The molecule has 0 spiro atoms. The van der Waals surface area contributed by atoms with Gasteiger partial charge in [-0.15, -0.1) is 0 Å². The number of nitriles is 1. The lowest BCUT2D eigenvalue weighted by Gasteiger charge is -2.10. The van der Waals surface area contributed by atoms with Crippen molar-refractivity contribution in [3.63, 3.8) is 0 Å². The van der Waals surface area contributed by atoms with Crippen LogP contribution in [-0.4, -0.2) is 52.1 Å². The van der Waals surface area contributed by atoms with Crippen LogP contribution in [0.25, 0.3) is 5.70 Å². The van der Waals surface area contributed by atoms with Gasteiger partial charge < -0.3 is 24.8 Å². The van der Waals surface area contributed by atoms with Crippen LogP contribution in [0.1, 0.15) is 27.9 Å². The van der Waals surface area contributed by atoms with E-state index in [0.717, 1.165) is 0 Å². The molecular weight excluding hydrogens is 424 g/mol. The summed E-state index contributed by atoms with van der Waals surface area (Å²) in [5.74, 6) is 0.206. The van der Waals surface area contributed by atoms with E-state index in [0.29, 0.717) is 47.8 Å². The van der Waals surface area contributed by atoms with Gasteiger partial charge in [-0.05, 0) is 24.6 Å². The Balaban J connectivity index is 1.90. The Morgan fingerprint density at radius 3 is 2.42 bits per heavy atom. The van der Waals surface area contributed by atoms with Crippen molar-refractivity contribution in [3.05, 3.63) is 64.7 Å². The molecule has 9 heteroatoms. The number of ether oxygens (including phenoxy) is 3. The predicted molar refractivity (Wildman–Crippen MR) is 122 cm³/mol. The van der Waals surface area contributed by atoms with Crippen molar-refractivity contribution in [1.82, 2.24) is 10.6 Å². The van der Waals surface area contributed by atoms with Crippen LogP contribution in [0.3, 0.4) is 0 Å². The second-order valence-corrected chi connectivity index (χ2v) is 6.97. The number of carbonyl (C=O) groups is 2. The monoisotopic (exact) mass is 448 g/mol. The zero-order valence-corrected chi connectivity index (χ0v) is 18.6. The number of benzene rings is 2. The molecule has 0 aromatic heterocycles. The van der Waals surface area contributed by atoms with Gasteiger partial charge in [-0.1, -0.05) is 24.3 Å². The smallest absolute Gasteiger partial charge is 0.264 e. The molecule has 2 N–H and O–H groups in total. The van der Waals surface area contributed by atoms with E-state index in [9.17, 15) is 14.9 Å². The number of nitrogens with one attached hydrogen (secondary N) is 2. The fourth-order valence-electron chi connectivity index (χ4n) is 3.29. The molecule has 0 unspecified atom stereocenters. The van der Waals surface area contributed by atoms with Crippen LogP contribution >= 0.6 is 0 Å². The highest BCUT2D eigenvalue weighted by atomic mass is 16.5. The highest BCUT2D eigenvalue weighted by Gasteiger charge is 2.27. The molecule has 0 saturated heterocycles. The number of amides is 2. The van der Waals surface area contributed by atoms with Gasteiger partial charge >= 0.3 is 0 Å². The molecule has 3 rings (SSSR count). The first-order chi connectivity index (χ1) is 16.0. The first-order valence-electron chi connectivity index (χ1n) is 10.2. The molecule has 0 radical (unpaired) electrons. The van der Waals surface area contributed by atoms with E-state index in [-0.39, 0.29) is 17.1 Å². The van der Waals surface area contributed by atoms with Crippen molar-refractivity contribution >= 4 is 23.3 Å². The molecule has 1 heterocycles. The van der Waals surface area contributed by atoms with Crippen molar-refractivity contribution in [2.75, 3.05) is 34.5 Å². The Labute approximate surface area is 191 Å². The average molecular weight is 448 g/mol. The fraction of sp³-hybridized carbons (Fsp3) is 0.250. The lowest BCUT2D eigenvalue weighted by Crippen LogP contribution is -2.30. The summed E-state index contributed by atoms with van der Waals surface area (Å²) < 4.78 is 15.4. The van der Waals surface area contributed by atoms with Crippen LogP contribution in [0.15, 0.2) is 53.0 Å². The third-order valence-electron chi connectivity index (χ3n) is 4.93. The molecule has 0 aliphatic carbocycles. The third-order valence-corrected chi connectivity index (χ3v) is 4.93. The van der Waals surface area contributed by atoms with Gasteiger partial charge in [-0.25, -0.2) is 4.99 Å². The summed E-state index contributed by atoms with van der Waals surface area (Å²) in [7, 11) is 4.57. The van der Waals surface area contributed by atoms with E-state index in [1.807, 2.05) is 6.07 Å². The van der Waals surface area contributed by atoms with Gasteiger partial charge in [0, 0.05) is 37.0 Å². The number of hydrogen-bond acceptors (Lipinski definition) is 7. The standard InChI is InChI=1S/C24H24N4O5/c1-31-12-6-11-26-24(30)18(14-25)21-16-7-4-5-8-17(16)22(27-21)28-23(29)15-9-10-19(32-2)20(13-15)33-3/h4-5,7-10,13H,6,11-12H2,1-3H3,(H,26,30)(H,27,28,29). The van der Waals surface area contributed by atoms with Crippen LogP contribution in [-0.2, 0) is 9.53 Å². The minimum atomic E-state index is -0.533. The molecular formula is C24H24N4O5. The SMILES string of the molecule is COCCCNC(=O)C(C#N)=C1N=C(NC(=O)c2ccc(OC)c(OC)c2)c2ccccc21. The van der Waals surface area contributed by atoms with Gasteiger partial charge in [-0.3, -0.25) is 9.59 Å². The Hall–Kier alpha value is -4.16. The summed E-state index contributed by atoms with van der Waals surface area (Å²) in [5, 5.41) is 15.1. The topological polar surface area (TPSA) is 122 Å². The summed E-state index contributed by atoms with van der Waals surface area (Å²) >= 11 is 0. The summed E-state index contributed by atoms with van der Waals surface area (Å²) in [4.78, 5) is 29.9. The molecule has 0 saturated carbocycles. The molecule has 1 aliphatic rings. The summed E-state index contributed by atoms with van der Waals surface area (Å²) in [6.07, 6.45) is 0.614. The van der Waals surface area contributed by atoms with Gasteiger partial charge in [-0.2, -0.15) is 5.26 Å². The largest absolute Gasteiger partial charge is 0.493 e. The Morgan fingerprint density at radius 1 is 1.03 bits per heavy atom. The zero-order valence-electron chi connectivity index (χ0n) is 18.6. The molecule has 0 bridgehead atoms. The summed E-state index contributed by atoms with van der Waals surface area (Å²) in [6.45, 7) is 0.853. The first-order valence-corrected chi connectivity index (χ1v) is 10.2. The molecule has 170 valence electrons. The Morgan fingerprint density at radius 2 is 1.76 bits per heavy atom. The molecule has 0 fully saturated rings. The quantitative estimate of drug-likeness (QED) is 0.363. The number of methoxy groups -OCH3 is 3. The van der Waals surface area contributed by atoms with Crippen molar-refractivity contribution in [1.29, 1.82) is 5.26 Å². The fourth-order valence-corrected chi connectivity index (χ4v) is 3.29. The first kappa shape index (κ1) is 23.5. The van der Waals surface area contributed by atoms with E-state index in [2.05, 4.69) is 15.6 Å². The van der Waals surface area contributed by atoms with Gasteiger partial charge in [0.25, 0.3) is 11.8 Å². The van der Waals surface area contributed by atoms with Gasteiger partial charge in [0.2, 0.25) is 0 Å². The number of fused-ring (bicyclic) bond motifs is 1. The average Bonchev–Trinajstić information content (AvgIpc) is 3.19. The normalized spacial score (nSPS) is 13.3. The number of aliphatic imine (C=N–C) groups is 1. The van der Waals surface area contributed by atoms with Crippen molar-refractivity contribution in [3.8, 4) is 17.6 Å². The van der Waals surface area contributed by atoms with E-state index < -0.39 is 11.8 Å². The lowest BCUT2D eigenvalue weighted by atomic mass is 10.0. The van der Waals surface area contributed by atoms with Gasteiger partial charge in [0.1, 0.15) is 17.5 Å². The second kappa shape index (κ2) is 10.9. The number of hydrogen-bond donors (Lipinski definition) is 2. The van der Waals surface area contributed by atoms with Crippen LogP contribution in [0.2, 0.25) is 0 Å². The molecule has 2 aromatic rings. The van der Waals surface area contributed by atoms with E-state index in [4.69, 9.17) is 14.2 Å².